The van der Waals surface area contributed by atoms with Crippen molar-refractivity contribution in [2.75, 3.05) is 6.54 Å². The Morgan fingerprint density at radius 3 is 2.15 bits per heavy atom. The Balaban J connectivity index is 1.39. The van der Waals surface area contributed by atoms with E-state index in [0.29, 0.717) is 13.0 Å². The van der Waals surface area contributed by atoms with Crippen molar-refractivity contribution >= 4 is 11.9 Å². The molecule has 0 saturated heterocycles. The Morgan fingerprint density at radius 1 is 1.07 bits per heavy atom. The number of hydrogen-bond acceptors (Lipinski definition) is 3. The van der Waals surface area contributed by atoms with Gasteiger partial charge in [0.1, 0.15) is 0 Å². The second-order valence-electron chi connectivity index (χ2n) is 9.60. The van der Waals surface area contributed by atoms with Crippen LogP contribution in [0.5, 0.6) is 0 Å². The van der Waals surface area contributed by atoms with E-state index in [9.17, 15) is 14.7 Å². The molecule has 4 aliphatic rings. The summed E-state index contributed by atoms with van der Waals surface area (Å²) in [6.07, 6.45) is 8.09. The van der Waals surface area contributed by atoms with Crippen LogP contribution in [0.1, 0.15) is 56.1 Å². The van der Waals surface area contributed by atoms with Gasteiger partial charge >= 0.3 is 0 Å². The molecule has 4 bridgehead atoms. The van der Waals surface area contributed by atoms with Crippen molar-refractivity contribution in [3.8, 4) is 0 Å². The quantitative estimate of drug-likeness (QED) is 0.804. The molecule has 4 aliphatic carbocycles. The smallest absolute Gasteiger partial charge is 0.223 e. The molecule has 0 spiro atoms. The van der Waals surface area contributed by atoms with Gasteiger partial charge in [0.05, 0.1) is 0 Å². The van der Waals surface area contributed by atoms with Crippen molar-refractivity contribution in [3.05, 3.63) is 35.4 Å². The number of carbonyl (C=O) groups excluding carboxylic acids is 2. The number of carboxylic acid groups (broad SMARTS) is 1. The molecule has 0 unspecified atom stereocenters. The normalized spacial score (nSPS) is 32.3. The Bertz CT molecular complexity index is 674. The molecule has 1 aromatic rings. The zero-order valence-corrected chi connectivity index (χ0v) is 16.2. The number of benzene rings is 1. The molecule has 1 N–H and O–H groups in total. The fourth-order valence-electron chi connectivity index (χ4n) is 6.39. The van der Waals surface area contributed by atoms with Gasteiger partial charge in [0, 0.05) is 18.4 Å². The summed E-state index contributed by atoms with van der Waals surface area (Å²) in [5.74, 6) is 0.693. The van der Waals surface area contributed by atoms with Crippen LogP contribution in [-0.4, -0.2) is 18.4 Å². The summed E-state index contributed by atoms with van der Waals surface area (Å²) in [5.41, 5.74) is 2.42. The maximum atomic E-state index is 12.8. The molecule has 4 fully saturated rings. The van der Waals surface area contributed by atoms with E-state index in [-0.39, 0.29) is 17.7 Å². The Hall–Kier alpha value is -1.84. The van der Waals surface area contributed by atoms with Gasteiger partial charge in [-0.15, -0.1) is 0 Å². The number of hydrogen-bond donors (Lipinski definition) is 1. The Kier molecular flexibility index (Phi) is 5.00. The molecule has 5 rings (SSSR count). The maximum Gasteiger partial charge on any atom is 0.223 e. The number of amides is 1. The van der Waals surface area contributed by atoms with E-state index in [1.165, 1.54) is 38.5 Å². The van der Waals surface area contributed by atoms with Crippen LogP contribution in [0.4, 0.5) is 0 Å². The highest BCUT2D eigenvalue weighted by Crippen LogP contribution is 2.59. The first-order chi connectivity index (χ1) is 12.9. The molecule has 4 nitrogen and oxygen atoms in total. The van der Waals surface area contributed by atoms with E-state index in [2.05, 4.69) is 5.32 Å². The van der Waals surface area contributed by atoms with Crippen LogP contribution in [0, 0.1) is 36.0 Å². The Labute approximate surface area is 161 Å². The lowest BCUT2D eigenvalue weighted by Crippen LogP contribution is -2.52. The van der Waals surface area contributed by atoms with Crippen molar-refractivity contribution in [1.29, 1.82) is 0 Å². The van der Waals surface area contributed by atoms with Crippen molar-refractivity contribution in [1.82, 2.24) is 5.32 Å². The molecule has 1 amide bonds. The summed E-state index contributed by atoms with van der Waals surface area (Å²) in [5, 5.41) is 14.3. The molecule has 0 aromatic heterocycles. The van der Waals surface area contributed by atoms with Gasteiger partial charge in [-0.3, -0.25) is 4.79 Å². The fraction of sp³-hybridized carbons (Fsp3) is 0.652. The molecular formula is C23H30NO3-. The second-order valence-corrected chi connectivity index (χ2v) is 9.60. The monoisotopic (exact) mass is 368 g/mol. The summed E-state index contributed by atoms with van der Waals surface area (Å²) >= 11 is 0. The van der Waals surface area contributed by atoms with E-state index >= 15 is 0 Å². The third-order valence-electron chi connectivity index (χ3n) is 7.19. The van der Waals surface area contributed by atoms with Crippen molar-refractivity contribution in [3.63, 3.8) is 0 Å². The van der Waals surface area contributed by atoms with Crippen LogP contribution in [0.15, 0.2) is 24.3 Å². The van der Waals surface area contributed by atoms with Gasteiger partial charge in [-0.05, 0) is 87.0 Å². The molecule has 1 atom stereocenters. The zero-order valence-electron chi connectivity index (χ0n) is 16.2. The number of carbonyl (C=O) groups is 2. The highest BCUT2D eigenvalue weighted by molar-refractivity contribution is 5.83. The number of rotatable bonds is 7. The predicted molar refractivity (Wildman–Crippen MR) is 102 cm³/mol. The lowest BCUT2D eigenvalue weighted by atomic mass is 9.49. The molecule has 4 saturated carbocycles. The summed E-state index contributed by atoms with van der Waals surface area (Å²) in [4.78, 5) is 24.0. The molecule has 146 valence electrons. The topological polar surface area (TPSA) is 69.2 Å². The van der Waals surface area contributed by atoms with Gasteiger partial charge in [-0.2, -0.15) is 0 Å². The van der Waals surface area contributed by atoms with Crippen LogP contribution >= 0.6 is 0 Å². The lowest BCUT2D eigenvalue weighted by molar-refractivity contribution is -0.306. The van der Waals surface area contributed by atoms with E-state index < -0.39 is 11.9 Å². The zero-order chi connectivity index (χ0) is 19.0. The number of nitrogens with one attached hydrogen (secondary N) is 1. The van der Waals surface area contributed by atoms with Crippen molar-refractivity contribution in [2.24, 2.45) is 29.1 Å². The van der Waals surface area contributed by atoms with Gasteiger partial charge in [-0.1, -0.05) is 29.8 Å². The first kappa shape index (κ1) is 18.5. The van der Waals surface area contributed by atoms with E-state index in [4.69, 9.17) is 0 Å². The van der Waals surface area contributed by atoms with Crippen LogP contribution in [0.25, 0.3) is 0 Å². The summed E-state index contributed by atoms with van der Waals surface area (Å²) in [6, 6.07) is 7.95. The third-order valence-corrected chi connectivity index (χ3v) is 7.19. The van der Waals surface area contributed by atoms with Crippen molar-refractivity contribution in [2.45, 2.75) is 58.3 Å². The molecular weight excluding hydrogens is 338 g/mol. The highest BCUT2D eigenvalue weighted by Gasteiger charge is 2.50. The molecule has 0 heterocycles. The minimum Gasteiger partial charge on any atom is -0.550 e. The first-order valence-electron chi connectivity index (χ1n) is 10.4. The predicted octanol–water partition coefficient (Wildman–Crippen LogP) is 2.63. The second kappa shape index (κ2) is 7.29. The highest BCUT2D eigenvalue weighted by atomic mass is 16.4. The van der Waals surface area contributed by atoms with E-state index in [1.54, 1.807) is 0 Å². The van der Waals surface area contributed by atoms with Crippen LogP contribution < -0.4 is 10.4 Å². The lowest BCUT2D eigenvalue weighted by Gasteiger charge is -2.57. The van der Waals surface area contributed by atoms with Gasteiger partial charge in [-0.25, -0.2) is 0 Å². The van der Waals surface area contributed by atoms with Gasteiger partial charge in [0.25, 0.3) is 0 Å². The SMILES string of the molecule is Cc1ccc(C[C@H](CC(=O)[O-])C(=O)NCC23CC4CC(CC(C4)C2)C3)cc1. The fourth-order valence-corrected chi connectivity index (χ4v) is 6.39. The largest absolute Gasteiger partial charge is 0.550 e. The van der Waals surface area contributed by atoms with Crippen molar-refractivity contribution < 1.29 is 14.7 Å². The molecule has 0 radical (unpaired) electrons. The van der Waals surface area contributed by atoms with Crippen LogP contribution in [0.2, 0.25) is 0 Å². The number of carboxylic acids is 1. The van der Waals surface area contributed by atoms with Gasteiger partial charge in [0.2, 0.25) is 5.91 Å². The Morgan fingerprint density at radius 2 is 1.63 bits per heavy atom. The molecule has 1 aromatic carbocycles. The minimum atomic E-state index is -1.16. The summed E-state index contributed by atoms with van der Waals surface area (Å²) < 4.78 is 0. The average Bonchev–Trinajstić information content (AvgIpc) is 2.59. The maximum absolute atomic E-state index is 12.8. The third kappa shape index (κ3) is 4.20. The van der Waals surface area contributed by atoms with Crippen LogP contribution in [-0.2, 0) is 16.0 Å². The van der Waals surface area contributed by atoms with E-state index in [1.807, 2.05) is 31.2 Å². The number of aryl methyl sites for hydroxylation is 1. The molecule has 4 heteroatoms. The van der Waals surface area contributed by atoms with Gasteiger partial charge < -0.3 is 15.2 Å². The molecule has 27 heavy (non-hydrogen) atoms. The average molecular weight is 368 g/mol. The number of aliphatic carboxylic acids is 1. The standard InChI is InChI=1S/C23H31NO3/c1-15-2-4-16(5-3-15)9-20(10-21(25)26)22(27)24-14-23-11-17-6-18(12-23)8-19(7-17)13-23/h2-5,17-20H,6-14H2,1H3,(H,24,27)(H,25,26)/p-1/t17?,18?,19?,20-,23?/m1/s1. The van der Waals surface area contributed by atoms with E-state index in [0.717, 1.165) is 28.9 Å². The van der Waals surface area contributed by atoms with Crippen LogP contribution in [0.3, 0.4) is 0 Å². The minimum absolute atomic E-state index is 0.129. The summed E-state index contributed by atoms with van der Waals surface area (Å²) in [6.45, 7) is 2.73. The summed E-state index contributed by atoms with van der Waals surface area (Å²) in [7, 11) is 0. The van der Waals surface area contributed by atoms with Gasteiger partial charge in [0.15, 0.2) is 0 Å². The first-order valence-corrected chi connectivity index (χ1v) is 10.4. The molecule has 0 aliphatic heterocycles.